The minimum absolute atomic E-state index is 0.111. The number of nitrogens with one attached hydrogen (secondary N) is 1. The van der Waals surface area contributed by atoms with Crippen molar-refractivity contribution in [2.45, 2.75) is 71.2 Å². The summed E-state index contributed by atoms with van der Waals surface area (Å²) in [5.41, 5.74) is 1.65. The summed E-state index contributed by atoms with van der Waals surface area (Å²) in [7, 11) is 1.53. The summed E-state index contributed by atoms with van der Waals surface area (Å²) >= 11 is 0. The van der Waals surface area contributed by atoms with Gasteiger partial charge in [0.25, 0.3) is 0 Å². The zero-order valence-electron chi connectivity index (χ0n) is 23.7. The third-order valence-corrected chi connectivity index (χ3v) is 7.50. The van der Waals surface area contributed by atoms with Crippen LogP contribution in [0.5, 0.6) is 5.75 Å². The summed E-state index contributed by atoms with van der Waals surface area (Å²) in [6, 6.07) is 12.3. The van der Waals surface area contributed by atoms with Gasteiger partial charge >= 0.3 is 12.0 Å². The van der Waals surface area contributed by atoms with Crippen molar-refractivity contribution >= 4 is 17.8 Å². The monoisotopic (exact) mass is 540 g/mol. The van der Waals surface area contributed by atoms with Gasteiger partial charge in [-0.2, -0.15) is 0 Å². The predicted octanol–water partition coefficient (Wildman–Crippen LogP) is 5.08. The van der Waals surface area contributed by atoms with E-state index in [0.29, 0.717) is 17.9 Å². The number of urea groups is 1. The Labute approximate surface area is 230 Å². The summed E-state index contributed by atoms with van der Waals surface area (Å²) in [6.45, 7) is 9.85. The van der Waals surface area contributed by atoms with E-state index in [1.54, 1.807) is 11.0 Å². The number of carboxylic acids is 1. The van der Waals surface area contributed by atoms with E-state index in [0.717, 1.165) is 16.7 Å². The number of carbonyl (C=O) groups excluding carboxylic acids is 2. The van der Waals surface area contributed by atoms with E-state index < -0.39 is 23.6 Å². The lowest BCUT2D eigenvalue weighted by molar-refractivity contribution is -0.155. The first-order valence-corrected chi connectivity index (χ1v) is 13.3. The quantitative estimate of drug-likeness (QED) is 0.341. The van der Waals surface area contributed by atoms with E-state index in [4.69, 9.17) is 14.2 Å². The van der Waals surface area contributed by atoms with Gasteiger partial charge in [0.2, 0.25) is 0 Å². The number of Topliss-reactive ketones (excluding diaryl/α,β-unsaturated/α-hetero) is 1. The highest BCUT2D eigenvalue weighted by atomic mass is 16.5. The molecule has 212 valence electrons. The molecule has 2 amide bonds. The highest BCUT2D eigenvalue weighted by Crippen LogP contribution is 2.37. The molecule has 1 fully saturated rings. The van der Waals surface area contributed by atoms with Gasteiger partial charge in [-0.25, -0.2) is 9.59 Å². The number of methoxy groups -OCH3 is 1. The first-order valence-electron chi connectivity index (χ1n) is 13.3. The van der Waals surface area contributed by atoms with Crippen molar-refractivity contribution in [2.24, 2.45) is 0 Å². The fraction of sp³-hybridized carbons (Fsp3) is 0.500. The molecule has 0 aliphatic heterocycles. The number of rotatable bonds is 13. The first-order chi connectivity index (χ1) is 18.5. The molecule has 1 aliphatic rings. The van der Waals surface area contributed by atoms with Crippen LogP contribution in [0.2, 0.25) is 0 Å². The Kier molecular flexibility index (Phi) is 10.1. The second kappa shape index (κ2) is 13.1. The van der Waals surface area contributed by atoms with Crippen molar-refractivity contribution in [3.63, 3.8) is 0 Å². The van der Waals surface area contributed by atoms with Gasteiger partial charge in [0.05, 0.1) is 37.0 Å². The number of amides is 2. The Morgan fingerprint density at radius 1 is 1.13 bits per heavy atom. The van der Waals surface area contributed by atoms with Crippen LogP contribution < -0.4 is 10.1 Å². The number of hydrogen-bond donors (Lipinski definition) is 2. The average molecular weight is 541 g/mol. The molecule has 2 aromatic carbocycles. The lowest BCUT2D eigenvalue weighted by atomic mass is 9.74. The second-order valence-electron chi connectivity index (χ2n) is 10.0. The summed E-state index contributed by atoms with van der Waals surface area (Å²) in [6.07, 6.45) is -0.0332. The third-order valence-electron chi connectivity index (χ3n) is 7.50. The van der Waals surface area contributed by atoms with Gasteiger partial charge in [0, 0.05) is 26.5 Å². The fourth-order valence-corrected chi connectivity index (χ4v) is 5.04. The van der Waals surface area contributed by atoms with Gasteiger partial charge < -0.3 is 29.5 Å². The second-order valence-corrected chi connectivity index (χ2v) is 10.0. The van der Waals surface area contributed by atoms with E-state index in [1.807, 2.05) is 64.1 Å². The lowest BCUT2D eigenvalue weighted by Crippen LogP contribution is -2.66. The minimum Gasteiger partial charge on any atom is -0.493 e. The van der Waals surface area contributed by atoms with Crippen LogP contribution >= 0.6 is 0 Å². The maximum absolute atomic E-state index is 13.7. The summed E-state index contributed by atoms with van der Waals surface area (Å²) < 4.78 is 17.2. The molecule has 2 N–H and O–H groups in total. The van der Waals surface area contributed by atoms with Crippen LogP contribution in [0.1, 0.15) is 79.7 Å². The van der Waals surface area contributed by atoms with Gasteiger partial charge in [0.1, 0.15) is 11.3 Å². The maximum Gasteiger partial charge on any atom is 0.329 e. The van der Waals surface area contributed by atoms with E-state index in [2.05, 4.69) is 5.32 Å². The first kappa shape index (κ1) is 30.1. The number of carbonyl (C=O) groups is 3. The zero-order chi connectivity index (χ0) is 28.7. The van der Waals surface area contributed by atoms with Crippen molar-refractivity contribution < 1.29 is 33.7 Å². The Morgan fingerprint density at radius 3 is 2.36 bits per heavy atom. The Hall–Kier alpha value is -3.43. The molecule has 0 unspecified atom stereocenters. The standard InChI is InChI=1S/C30H40N2O7/c1-7-38-27-19(2)25(13-14-26(27)21(4)33)20(3)32(15-16-39-22(5)23-11-9-8-10-12-23)29(36)31-30(28(34)35)17-24(18-30)37-6/h8-14,20,22,24H,7,15-18H2,1-6H3,(H,31,36)(H,34,35)/t20-,22-,24?,30?/m1/s1. The van der Waals surface area contributed by atoms with E-state index in [9.17, 15) is 19.5 Å². The Morgan fingerprint density at radius 2 is 1.79 bits per heavy atom. The number of nitrogens with zero attached hydrogens (tertiary/aromatic N) is 1. The van der Waals surface area contributed by atoms with Crippen LogP contribution in [-0.2, 0) is 14.3 Å². The van der Waals surface area contributed by atoms with Crippen LogP contribution in [0.15, 0.2) is 42.5 Å². The van der Waals surface area contributed by atoms with Gasteiger partial charge in [0.15, 0.2) is 5.78 Å². The molecule has 0 aromatic heterocycles. The van der Waals surface area contributed by atoms with E-state index >= 15 is 0 Å². The lowest BCUT2D eigenvalue weighted by Gasteiger charge is -2.45. The molecule has 1 aliphatic carbocycles. The molecule has 0 heterocycles. The van der Waals surface area contributed by atoms with Gasteiger partial charge in [-0.05, 0) is 57.4 Å². The zero-order valence-corrected chi connectivity index (χ0v) is 23.7. The molecule has 0 bridgehead atoms. The Bertz CT molecular complexity index is 1160. The van der Waals surface area contributed by atoms with Crippen molar-refractivity contribution in [2.75, 3.05) is 26.9 Å². The number of ether oxygens (including phenoxy) is 3. The molecule has 2 aromatic rings. The smallest absolute Gasteiger partial charge is 0.329 e. The van der Waals surface area contributed by atoms with Crippen LogP contribution in [0.3, 0.4) is 0 Å². The third kappa shape index (κ3) is 6.78. The highest BCUT2D eigenvalue weighted by Gasteiger charge is 2.52. The highest BCUT2D eigenvalue weighted by molar-refractivity contribution is 5.97. The van der Waals surface area contributed by atoms with Crippen LogP contribution in [0, 0.1) is 6.92 Å². The van der Waals surface area contributed by atoms with Crippen LogP contribution in [-0.4, -0.2) is 66.3 Å². The molecular weight excluding hydrogens is 500 g/mol. The molecule has 2 atom stereocenters. The minimum atomic E-state index is -1.39. The van der Waals surface area contributed by atoms with Gasteiger partial charge in [-0.1, -0.05) is 36.4 Å². The molecule has 9 nitrogen and oxygen atoms in total. The summed E-state index contributed by atoms with van der Waals surface area (Å²) in [5, 5.41) is 12.7. The SMILES string of the molecule is CCOc1c(C(C)=O)ccc([C@@H](C)N(CCO[C@H](C)c2ccccc2)C(=O)NC2(C(=O)O)CC(OC)C2)c1C. The van der Waals surface area contributed by atoms with Crippen LogP contribution in [0.4, 0.5) is 4.79 Å². The summed E-state index contributed by atoms with van der Waals surface area (Å²) in [4.78, 5) is 39.6. The number of aliphatic carboxylic acids is 1. The maximum atomic E-state index is 13.7. The molecule has 1 saturated carbocycles. The molecular formula is C30H40N2O7. The Balaban J connectivity index is 1.88. The molecule has 3 rings (SSSR count). The number of ketones is 1. The van der Waals surface area contributed by atoms with Crippen molar-refractivity contribution in [3.05, 3.63) is 64.7 Å². The summed E-state index contributed by atoms with van der Waals surface area (Å²) in [5.74, 6) is -0.710. The van der Waals surface area contributed by atoms with Crippen molar-refractivity contribution in [1.82, 2.24) is 10.2 Å². The average Bonchev–Trinajstić information content (AvgIpc) is 2.89. The van der Waals surface area contributed by atoms with Crippen molar-refractivity contribution in [1.29, 1.82) is 0 Å². The largest absolute Gasteiger partial charge is 0.493 e. The van der Waals surface area contributed by atoms with Crippen LogP contribution in [0.25, 0.3) is 0 Å². The molecule has 39 heavy (non-hydrogen) atoms. The van der Waals surface area contributed by atoms with Gasteiger partial charge in [-0.3, -0.25) is 4.79 Å². The number of carboxylic acid groups (broad SMARTS) is 1. The molecule has 0 spiro atoms. The molecule has 0 radical (unpaired) electrons. The topological polar surface area (TPSA) is 114 Å². The number of hydrogen-bond acceptors (Lipinski definition) is 6. The fourth-order valence-electron chi connectivity index (χ4n) is 5.04. The normalized spacial score (nSPS) is 19.9. The van der Waals surface area contributed by atoms with E-state index in [-0.39, 0.29) is 44.0 Å². The van der Waals surface area contributed by atoms with Crippen molar-refractivity contribution in [3.8, 4) is 5.75 Å². The van der Waals surface area contributed by atoms with Gasteiger partial charge in [-0.15, -0.1) is 0 Å². The van der Waals surface area contributed by atoms with E-state index in [1.165, 1.54) is 14.0 Å². The predicted molar refractivity (Wildman–Crippen MR) is 147 cm³/mol. The molecule has 0 saturated heterocycles. The number of benzene rings is 2. The molecule has 9 heteroatoms.